The normalized spacial score (nSPS) is 16.2. The average molecular weight is 314 g/mol. The third-order valence-corrected chi connectivity index (χ3v) is 5.48. The number of halogens is 1. The molecule has 1 saturated carbocycles. The van der Waals surface area contributed by atoms with Crippen molar-refractivity contribution in [2.75, 3.05) is 0 Å². The summed E-state index contributed by atoms with van der Waals surface area (Å²) in [7, 11) is -3.64. The summed E-state index contributed by atoms with van der Waals surface area (Å²) in [6.07, 6.45) is 2.88. The summed E-state index contributed by atoms with van der Waals surface area (Å²) in [5, 5.41) is 3.20. The van der Waals surface area contributed by atoms with Crippen molar-refractivity contribution >= 4 is 10.0 Å². The molecule has 0 saturated heterocycles. The first-order valence-corrected chi connectivity index (χ1v) is 8.77. The zero-order chi connectivity index (χ0) is 15.7. The van der Waals surface area contributed by atoms with Gasteiger partial charge in [-0.25, -0.2) is 17.5 Å². The molecule has 0 bridgehead atoms. The number of rotatable bonds is 7. The van der Waals surface area contributed by atoms with Crippen LogP contribution in [0.25, 0.3) is 0 Å². The highest BCUT2D eigenvalue weighted by Crippen LogP contribution is 2.22. The molecule has 0 radical (unpaired) electrons. The third-order valence-electron chi connectivity index (χ3n) is 3.78. The molecular weight excluding hydrogens is 291 g/mol. The zero-order valence-electron chi connectivity index (χ0n) is 12.7. The Morgan fingerprint density at radius 2 is 2.00 bits per heavy atom. The zero-order valence-corrected chi connectivity index (χ0v) is 13.6. The van der Waals surface area contributed by atoms with Crippen LogP contribution in [0.5, 0.6) is 0 Å². The molecule has 1 aromatic rings. The quantitative estimate of drug-likeness (QED) is 0.813. The van der Waals surface area contributed by atoms with Crippen LogP contribution in [0, 0.1) is 5.82 Å². The summed E-state index contributed by atoms with van der Waals surface area (Å²) < 4.78 is 41.2. The molecule has 1 aromatic carbocycles. The van der Waals surface area contributed by atoms with E-state index in [0.29, 0.717) is 24.6 Å². The molecule has 118 valence electrons. The van der Waals surface area contributed by atoms with Gasteiger partial charge in [0.2, 0.25) is 10.0 Å². The Kier molecular flexibility index (Phi) is 4.70. The Morgan fingerprint density at radius 1 is 1.33 bits per heavy atom. The molecule has 6 heteroatoms. The summed E-state index contributed by atoms with van der Waals surface area (Å²) in [6, 6.07) is 4.39. The van der Waals surface area contributed by atoms with Gasteiger partial charge in [0, 0.05) is 23.7 Å². The Bertz CT molecular complexity index is 610. The Morgan fingerprint density at radius 3 is 2.57 bits per heavy atom. The van der Waals surface area contributed by atoms with Crippen molar-refractivity contribution in [2.24, 2.45) is 0 Å². The SMILES string of the molecule is CCC(C)(C)NS(=O)(=O)c1ccc(F)c(CNC2CC2)c1. The first-order chi connectivity index (χ1) is 9.73. The van der Waals surface area contributed by atoms with Crippen molar-refractivity contribution in [3.63, 3.8) is 0 Å². The van der Waals surface area contributed by atoms with E-state index in [1.54, 1.807) is 0 Å². The van der Waals surface area contributed by atoms with Crippen LogP contribution in [0.2, 0.25) is 0 Å². The van der Waals surface area contributed by atoms with Crippen molar-refractivity contribution in [3.05, 3.63) is 29.6 Å². The van der Waals surface area contributed by atoms with Crippen molar-refractivity contribution in [3.8, 4) is 0 Å². The second-order valence-corrected chi connectivity index (χ2v) is 7.93. The fourth-order valence-corrected chi connectivity index (χ4v) is 3.42. The minimum absolute atomic E-state index is 0.109. The van der Waals surface area contributed by atoms with Gasteiger partial charge < -0.3 is 5.32 Å². The fraction of sp³-hybridized carbons (Fsp3) is 0.600. The number of hydrogen-bond acceptors (Lipinski definition) is 3. The molecule has 1 fully saturated rings. The predicted molar refractivity (Wildman–Crippen MR) is 81.0 cm³/mol. The van der Waals surface area contributed by atoms with Crippen molar-refractivity contribution in [2.45, 2.75) is 63.1 Å². The number of sulfonamides is 1. The third kappa shape index (κ3) is 4.49. The smallest absolute Gasteiger partial charge is 0.241 e. The highest BCUT2D eigenvalue weighted by molar-refractivity contribution is 7.89. The molecule has 0 aromatic heterocycles. The van der Waals surface area contributed by atoms with E-state index in [1.165, 1.54) is 18.2 Å². The average Bonchev–Trinajstić information content (AvgIpc) is 3.20. The fourth-order valence-electron chi connectivity index (χ4n) is 1.89. The summed E-state index contributed by atoms with van der Waals surface area (Å²) in [5.74, 6) is -0.378. The van der Waals surface area contributed by atoms with E-state index in [2.05, 4.69) is 10.0 Å². The van der Waals surface area contributed by atoms with Crippen molar-refractivity contribution < 1.29 is 12.8 Å². The van der Waals surface area contributed by atoms with Gasteiger partial charge in [0.1, 0.15) is 5.82 Å². The van der Waals surface area contributed by atoms with Gasteiger partial charge in [-0.15, -0.1) is 0 Å². The number of benzene rings is 1. The molecule has 4 nitrogen and oxygen atoms in total. The van der Waals surface area contributed by atoms with Crippen LogP contribution < -0.4 is 10.0 Å². The number of hydrogen-bond donors (Lipinski definition) is 2. The van der Waals surface area contributed by atoms with Crippen LogP contribution in [-0.2, 0) is 16.6 Å². The van der Waals surface area contributed by atoms with Gasteiger partial charge in [0.25, 0.3) is 0 Å². The van der Waals surface area contributed by atoms with E-state index in [4.69, 9.17) is 0 Å². The maximum Gasteiger partial charge on any atom is 0.241 e. The number of nitrogens with one attached hydrogen (secondary N) is 2. The lowest BCUT2D eigenvalue weighted by atomic mass is 10.0. The lowest BCUT2D eigenvalue weighted by Crippen LogP contribution is -2.42. The van der Waals surface area contributed by atoms with Crippen LogP contribution in [0.15, 0.2) is 23.1 Å². The summed E-state index contributed by atoms with van der Waals surface area (Å²) in [6.45, 7) is 5.92. The topological polar surface area (TPSA) is 58.2 Å². The monoisotopic (exact) mass is 314 g/mol. The minimum atomic E-state index is -3.64. The Labute approximate surface area is 126 Å². The molecule has 2 rings (SSSR count). The summed E-state index contributed by atoms with van der Waals surface area (Å²) >= 11 is 0. The van der Waals surface area contributed by atoms with Crippen molar-refractivity contribution in [1.82, 2.24) is 10.0 Å². The van der Waals surface area contributed by atoms with Gasteiger partial charge in [-0.1, -0.05) is 6.92 Å². The highest BCUT2D eigenvalue weighted by Gasteiger charge is 2.26. The lowest BCUT2D eigenvalue weighted by molar-refractivity contribution is 0.439. The highest BCUT2D eigenvalue weighted by atomic mass is 32.2. The molecule has 0 heterocycles. The van der Waals surface area contributed by atoms with Crippen LogP contribution in [0.3, 0.4) is 0 Å². The second kappa shape index (κ2) is 6.02. The van der Waals surface area contributed by atoms with E-state index >= 15 is 0 Å². The maximum atomic E-state index is 13.8. The molecule has 0 spiro atoms. The van der Waals surface area contributed by atoms with E-state index in [-0.39, 0.29) is 10.7 Å². The van der Waals surface area contributed by atoms with E-state index in [1.807, 2.05) is 20.8 Å². The first kappa shape index (κ1) is 16.4. The summed E-state index contributed by atoms with van der Waals surface area (Å²) in [4.78, 5) is 0.109. The second-order valence-electron chi connectivity index (χ2n) is 6.25. The van der Waals surface area contributed by atoms with Gasteiger partial charge in [0.15, 0.2) is 0 Å². The maximum absolute atomic E-state index is 13.8. The van der Waals surface area contributed by atoms with Gasteiger partial charge >= 0.3 is 0 Å². The standard InChI is InChI=1S/C15H23FN2O2S/c1-4-15(2,3)18-21(19,20)13-7-8-14(16)11(9-13)10-17-12-5-6-12/h7-9,12,17-18H,4-6,10H2,1-3H3. The van der Waals surface area contributed by atoms with Crippen LogP contribution in [0.4, 0.5) is 4.39 Å². The molecule has 0 unspecified atom stereocenters. The van der Waals surface area contributed by atoms with Crippen LogP contribution in [0.1, 0.15) is 45.6 Å². The summed E-state index contributed by atoms with van der Waals surface area (Å²) in [5.41, 5.74) is -0.140. The van der Waals surface area contributed by atoms with E-state index in [9.17, 15) is 12.8 Å². The van der Waals surface area contributed by atoms with Crippen molar-refractivity contribution in [1.29, 1.82) is 0 Å². The van der Waals surface area contributed by atoms with Crippen LogP contribution >= 0.6 is 0 Å². The Balaban J connectivity index is 2.20. The predicted octanol–water partition coefficient (Wildman–Crippen LogP) is 2.54. The molecule has 2 N–H and O–H groups in total. The molecule has 21 heavy (non-hydrogen) atoms. The molecule has 1 aliphatic carbocycles. The van der Waals surface area contributed by atoms with E-state index < -0.39 is 15.6 Å². The van der Waals surface area contributed by atoms with Crippen LogP contribution in [-0.4, -0.2) is 20.0 Å². The Hall–Kier alpha value is -0.980. The molecule has 0 atom stereocenters. The molecule has 1 aliphatic rings. The van der Waals surface area contributed by atoms with Gasteiger partial charge in [-0.2, -0.15) is 0 Å². The molecular formula is C15H23FN2O2S. The van der Waals surface area contributed by atoms with Gasteiger partial charge in [-0.05, 0) is 51.3 Å². The molecule has 0 aliphatic heterocycles. The minimum Gasteiger partial charge on any atom is -0.310 e. The van der Waals surface area contributed by atoms with E-state index in [0.717, 1.165) is 12.8 Å². The lowest BCUT2D eigenvalue weighted by Gasteiger charge is -2.24. The molecule has 0 amide bonds. The largest absolute Gasteiger partial charge is 0.310 e. The first-order valence-electron chi connectivity index (χ1n) is 7.29. The van der Waals surface area contributed by atoms with Gasteiger partial charge in [-0.3, -0.25) is 0 Å². The van der Waals surface area contributed by atoms with Gasteiger partial charge in [0.05, 0.1) is 4.90 Å².